The first-order valence-corrected chi connectivity index (χ1v) is 13.1. The molecular weight excluding hydrogens is 444 g/mol. The molecule has 2 aliphatic rings. The van der Waals surface area contributed by atoms with E-state index < -0.39 is 0 Å². The molecule has 0 unspecified atom stereocenters. The van der Waals surface area contributed by atoms with E-state index in [1.807, 2.05) is 6.20 Å². The number of nitrogens with zero attached hydrogens (tertiary/aromatic N) is 3. The average molecular weight is 475 g/mol. The number of amides is 1. The Bertz CT molecular complexity index is 1590. The van der Waals surface area contributed by atoms with E-state index in [9.17, 15) is 4.79 Å². The molecule has 0 spiro atoms. The Balaban J connectivity index is 1.21. The highest BCUT2D eigenvalue weighted by Crippen LogP contribution is 2.34. The number of imidazole rings is 1. The Labute approximate surface area is 210 Å². The zero-order chi connectivity index (χ0) is 24.2. The maximum absolute atomic E-state index is 12.6. The quantitative estimate of drug-likeness (QED) is 0.320. The van der Waals surface area contributed by atoms with Crippen LogP contribution in [0.25, 0.3) is 44.5 Å². The minimum atomic E-state index is 0.298. The molecule has 36 heavy (non-hydrogen) atoms. The molecule has 1 saturated carbocycles. The summed E-state index contributed by atoms with van der Waals surface area (Å²) in [4.78, 5) is 23.1. The van der Waals surface area contributed by atoms with Crippen molar-refractivity contribution in [3.8, 4) is 22.5 Å². The second-order valence-corrected chi connectivity index (χ2v) is 10.6. The molecule has 1 atom stereocenters. The summed E-state index contributed by atoms with van der Waals surface area (Å²) in [5.41, 5.74) is 8.11. The molecule has 5 nitrogen and oxygen atoms in total. The number of H-pyrrole nitrogens is 1. The highest BCUT2D eigenvalue weighted by molar-refractivity contribution is 5.86. The van der Waals surface area contributed by atoms with Crippen molar-refractivity contribution in [2.24, 2.45) is 11.8 Å². The molecule has 7 rings (SSSR count). The summed E-state index contributed by atoms with van der Waals surface area (Å²) in [6, 6.07) is 23.9. The van der Waals surface area contributed by atoms with Crippen LogP contribution in [0.15, 0.2) is 72.9 Å². The van der Waals surface area contributed by atoms with Gasteiger partial charge >= 0.3 is 0 Å². The van der Waals surface area contributed by atoms with Gasteiger partial charge in [-0.2, -0.15) is 0 Å². The van der Waals surface area contributed by atoms with Crippen LogP contribution in [0.5, 0.6) is 0 Å². The highest BCUT2D eigenvalue weighted by atomic mass is 16.2. The second kappa shape index (κ2) is 8.37. The fraction of sp³-hybridized carbons (Fsp3) is 0.290. The topological polar surface area (TPSA) is 53.9 Å². The van der Waals surface area contributed by atoms with Crippen molar-refractivity contribution in [3.05, 3.63) is 78.5 Å². The largest absolute Gasteiger partial charge is 0.361 e. The molecule has 5 aromatic rings. The number of benzene rings is 3. The molecule has 1 amide bonds. The third kappa shape index (κ3) is 3.79. The Hall–Kier alpha value is -3.86. The first-order valence-electron chi connectivity index (χ1n) is 13.1. The van der Waals surface area contributed by atoms with Gasteiger partial charge in [-0.1, -0.05) is 42.5 Å². The third-order valence-corrected chi connectivity index (χ3v) is 7.90. The number of nitrogens with one attached hydrogen (secondary N) is 1. The molecule has 1 aliphatic carbocycles. The van der Waals surface area contributed by atoms with Gasteiger partial charge in [0.1, 0.15) is 5.82 Å². The van der Waals surface area contributed by atoms with E-state index in [2.05, 4.69) is 88.1 Å². The lowest BCUT2D eigenvalue weighted by molar-refractivity contribution is -0.131. The van der Waals surface area contributed by atoms with Crippen molar-refractivity contribution in [2.75, 3.05) is 13.1 Å². The summed E-state index contributed by atoms with van der Waals surface area (Å²) in [5.74, 6) is 2.13. The molecule has 0 bridgehead atoms. The summed E-state index contributed by atoms with van der Waals surface area (Å²) in [7, 11) is 0. The Morgan fingerprint density at radius 2 is 1.75 bits per heavy atom. The molecule has 1 aliphatic heterocycles. The molecule has 3 aromatic carbocycles. The first-order chi connectivity index (χ1) is 17.6. The van der Waals surface area contributed by atoms with E-state index in [0.717, 1.165) is 61.3 Å². The lowest BCUT2D eigenvalue weighted by atomic mass is 10.0. The smallest absolute Gasteiger partial charge is 0.225 e. The lowest BCUT2D eigenvalue weighted by Crippen LogP contribution is -2.30. The Morgan fingerprint density at radius 1 is 0.944 bits per heavy atom. The van der Waals surface area contributed by atoms with Gasteiger partial charge in [-0.3, -0.25) is 4.79 Å². The molecule has 180 valence electrons. The number of rotatable bonds is 5. The maximum atomic E-state index is 12.6. The molecule has 0 radical (unpaired) electrons. The molecule has 1 saturated heterocycles. The SMILES string of the molecule is Cc1ccc2nc(-c3ccc(-c4ccc5cc[nH]c5c4)cc3)n(C[C@H]3CCN(C(=O)C4CC4)C3)c2c1. The predicted molar refractivity (Wildman–Crippen MR) is 145 cm³/mol. The van der Waals surface area contributed by atoms with E-state index in [1.54, 1.807) is 0 Å². The summed E-state index contributed by atoms with van der Waals surface area (Å²) in [6.07, 6.45) is 5.19. The van der Waals surface area contributed by atoms with Gasteiger partial charge in [0.2, 0.25) is 5.91 Å². The zero-order valence-corrected chi connectivity index (χ0v) is 20.6. The van der Waals surface area contributed by atoms with Gasteiger partial charge in [0.15, 0.2) is 0 Å². The van der Waals surface area contributed by atoms with Gasteiger partial charge in [0, 0.05) is 42.8 Å². The molecule has 2 aromatic heterocycles. The second-order valence-electron chi connectivity index (χ2n) is 10.6. The zero-order valence-electron chi connectivity index (χ0n) is 20.6. The van der Waals surface area contributed by atoms with Gasteiger partial charge in [-0.05, 0) is 78.4 Å². The number of hydrogen-bond donors (Lipinski definition) is 1. The normalized spacial score (nSPS) is 17.9. The van der Waals surface area contributed by atoms with Crippen molar-refractivity contribution in [1.82, 2.24) is 19.4 Å². The van der Waals surface area contributed by atoms with E-state index in [-0.39, 0.29) is 0 Å². The van der Waals surface area contributed by atoms with Crippen molar-refractivity contribution < 1.29 is 4.79 Å². The maximum Gasteiger partial charge on any atom is 0.225 e. The number of carbonyl (C=O) groups excluding carboxylic acids is 1. The monoisotopic (exact) mass is 474 g/mol. The number of carbonyl (C=O) groups is 1. The van der Waals surface area contributed by atoms with Crippen LogP contribution in [0.4, 0.5) is 0 Å². The molecule has 5 heteroatoms. The van der Waals surface area contributed by atoms with Gasteiger partial charge in [0.25, 0.3) is 0 Å². The predicted octanol–water partition coefficient (Wildman–Crippen LogP) is 6.42. The number of likely N-dealkylation sites (tertiary alicyclic amines) is 1. The van der Waals surface area contributed by atoms with Crippen molar-refractivity contribution in [1.29, 1.82) is 0 Å². The fourth-order valence-corrected chi connectivity index (χ4v) is 5.71. The van der Waals surface area contributed by atoms with Crippen molar-refractivity contribution in [2.45, 2.75) is 32.7 Å². The molecule has 1 N–H and O–H groups in total. The van der Waals surface area contributed by atoms with Gasteiger partial charge in [-0.15, -0.1) is 0 Å². The molecule has 2 fully saturated rings. The van der Waals surface area contributed by atoms with E-state index >= 15 is 0 Å². The average Bonchev–Trinajstić information content (AvgIpc) is 3.30. The van der Waals surface area contributed by atoms with Crippen LogP contribution >= 0.6 is 0 Å². The van der Waals surface area contributed by atoms with Gasteiger partial charge in [0.05, 0.1) is 11.0 Å². The summed E-state index contributed by atoms with van der Waals surface area (Å²) in [5, 5.41) is 1.23. The summed E-state index contributed by atoms with van der Waals surface area (Å²) < 4.78 is 2.39. The lowest BCUT2D eigenvalue weighted by Gasteiger charge is -2.18. The number of aromatic amines is 1. The van der Waals surface area contributed by atoms with E-state index in [0.29, 0.717) is 17.7 Å². The van der Waals surface area contributed by atoms with Crippen LogP contribution in [0.3, 0.4) is 0 Å². The minimum absolute atomic E-state index is 0.298. The van der Waals surface area contributed by atoms with Crippen molar-refractivity contribution >= 4 is 27.8 Å². The fourth-order valence-electron chi connectivity index (χ4n) is 5.71. The van der Waals surface area contributed by atoms with E-state index in [4.69, 9.17) is 4.98 Å². The number of fused-ring (bicyclic) bond motifs is 2. The van der Waals surface area contributed by atoms with Crippen LogP contribution in [0.1, 0.15) is 24.8 Å². The Kier molecular flexibility index (Phi) is 4.98. The van der Waals surface area contributed by atoms with E-state index in [1.165, 1.54) is 27.6 Å². The van der Waals surface area contributed by atoms with Crippen LogP contribution in [-0.4, -0.2) is 38.4 Å². The number of aryl methyl sites for hydroxylation is 1. The third-order valence-electron chi connectivity index (χ3n) is 7.90. The van der Waals surface area contributed by atoms with Gasteiger partial charge < -0.3 is 14.5 Å². The summed E-state index contributed by atoms with van der Waals surface area (Å²) >= 11 is 0. The molecular formula is C31H30N4O. The number of aromatic nitrogens is 3. The standard InChI is InChI=1S/C31H30N4O/c1-20-2-11-27-29(16-20)35(19-21-13-15-34(18-21)31(36)25-8-9-25)30(33-27)24-6-3-22(4-7-24)26-10-5-23-12-14-32-28(23)17-26/h2-7,10-12,14,16-17,21,25,32H,8-9,13,15,18-19H2,1H3/t21-/m0/s1. The van der Waals surface area contributed by atoms with Crippen molar-refractivity contribution in [3.63, 3.8) is 0 Å². The molecule has 3 heterocycles. The first kappa shape index (κ1) is 21.4. The van der Waals surface area contributed by atoms with Gasteiger partial charge in [-0.25, -0.2) is 4.98 Å². The number of hydrogen-bond acceptors (Lipinski definition) is 2. The van der Waals surface area contributed by atoms with Crippen LogP contribution in [0.2, 0.25) is 0 Å². The van der Waals surface area contributed by atoms with Crippen LogP contribution < -0.4 is 0 Å². The highest BCUT2D eigenvalue weighted by Gasteiger charge is 2.36. The summed E-state index contributed by atoms with van der Waals surface area (Å²) in [6.45, 7) is 4.77. The van der Waals surface area contributed by atoms with Crippen LogP contribution in [-0.2, 0) is 11.3 Å². The Morgan fingerprint density at radius 3 is 2.58 bits per heavy atom. The van der Waals surface area contributed by atoms with Crippen LogP contribution in [0, 0.1) is 18.8 Å². The minimum Gasteiger partial charge on any atom is -0.361 e.